The molecule has 0 N–H and O–H groups in total. The van der Waals surface area contributed by atoms with Gasteiger partial charge in [-0.15, -0.1) is 0 Å². The van der Waals surface area contributed by atoms with Crippen molar-refractivity contribution in [3.05, 3.63) is 187 Å². The van der Waals surface area contributed by atoms with E-state index in [4.69, 9.17) is 0 Å². The molecule has 50 heavy (non-hydrogen) atoms. The maximum Gasteiger partial charge on any atom is 0.0468 e. The highest BCUT2D eigenvalue weighted by atomic mass is 15.1. The van der Waals surface area contributed by atoms with E-state index in [1.165, 1.54) is 76.5 Å². The predicted molar refractivity (Wildman–Crippen MR) is 214 cm³/mol. The maximum atomic E-state index is 2.42. The average Bonchev–Trinajstić information content (AvgIpc) is 3.40. The zero-order valence-electron chi connectivity index (χ0n) is 28.2. The predicted octanol–water partition coefficient (Wildman–Crippen LogP) is 13.7. The van der Waals surface area contributed by atoms with Crippen LogP contribution < -0.4 is 4.90 Å². The van der Waals surface area contributed by atoms with Gasteiger partial charge in [-0.2, -0.15) is 0 Å². The van der Waals surface area contributed by atoms with Gasteiger partial charge in [0.25, 0.3) is 0 Å². The minimum atomic E-state index is -0.0822. The molecule has 0 saturated carbocycles. The Morgan fingerprint density at radius 2 is 0.840 bits per heavy atom. The molecule has 236 valence electrons. The van der Waals surface area contributed by atoms with E-state index < -0.39 is 0 Å². The lowest BCUT2D eigenvalue weighted by Crippen LogP contribution is -2.16. The molecule has 0 bridgehead atoms. The van der Waals surface area contributed by atoms with Crippen LogP contribution in [0.4, 0.5) is 17.1 Å². The average molecular weight is 638 g/mol. The Kier molecular flexibility index (Phi) is 6.29. The monoisotopic (exact) mass is 637 g/mol. The third-order valence-corrected chi connectivity index (χ3v) is 11.0. The number of rotatable bonds is 4. The van der Waals surface area contributed by atoms with E-state index in [-0.39, 0.29) is 5.41 Å². The summed E-state index contributed by atoms with van der Waals surface area (Å²) in [5.74, 6) is 0. The molecule has 0 amide bonds. The third kappa shape index (κ3) is 4.40. The number of nitrogens with zero attached hydrogens (tertiary/aromatic N) is 1. The van der Waals surface area contributed by atoms with Crippen LogP contribution in [0.5, 0.6) is 0 Å². The first-order valence-electron chi connectivity index (χ1n) is 17.5. The van der Waals surface area contributed by atoms with Gasteiger partial charge in [-0.25, -0.2) is 0 Å². The summed E-state index contributed by atoms with van der Waals surface area (Å²) in [4.78, 5) is 2.42. The van der Waals surface area contributed by atoms with Crippen LogP contribution in [0.3, 0.4) is 0 Å². The van der Waals surface area contributed by atoms with Crippen molar-refractivity contribution < 1.29 is 0 Å². The van der Waals surface area contributed by atoms with Crippen LogP contribution in [-0.4, -0.2) is 0 Å². The normalized spacial score (nSPS) is 13.2. The first kappa shape index (κ1) is 28.8. The second-order valence-corrected chi connectivity index (χ2v) is 14.2. The molecule has 0 fully saturated rings. The molecule has 0 aliphatic heterocycles. The smallest absolute Gasteiger partial charge is 0.0468 e. The second-order valence-electron chi connectivity index (χ2n) is 14.2. The first-order chi connectivity index (χ1) is 24.5. The lowest BCUT2D eigenvalue weighted by Gasteiger charge is -2.28. The van der Waals surface area contributed by atoms with Crippen LogP contribution in [0.1, 0.15) is 25.0 Å². The van der Waals surface area contributed by atoms with Gasteiger partial charge in [0, 0.05) is 22.5 Å². The van der Waals surface area contributed by atoms with Gasteiger partial charge >= 0.3 is 0 Å². The Morgan fingerprint density at radius 1 is 0.340 bits per heavy atom. The van der Waals surface area contributed by atoms with Gasteiger partial charge in [-0.05, 0) is 119 Å². The zero-order chi connectivity index (χ0) is 33.4. The molecule has 0 unspecified atom stereocenters. The molecular weight excluding hydrogens is 603 g/mol. The summed E-state index contributed by atoms with van der Waals surface area (Å²) in [7, 11) is 0. The Morgan fingerprint density at radius 3 is 1.58 bits per heavy atom. The SMILES string of the molecule is CC1(C)c2ccccc2-c2ccc(N(c3ccc(-c4ccc5c(ccc6ccccc65)c4)cc3)c3ccc4c(ccc5ccccc54)c3)cc21. The van der Waals surface area contributed by atoms with Gasteiger partial charge in [-0.1, -0.05) is 147 Å². The van der Waals surface area contributed by atoms with Crippen LogP contribution in [0.25, 0.3) is 65.3 Å². The van der Waals surface area contributed by atoms with Crippen molar-refractivity contribution in [2.45, 2.75) is 19.3 Å². The van der Waals surface area contributed by atoms with E-state index in [2.05, 4.69) is 195 Å². The van der Waals surface area contributed by atoms with Crippen LogP contribution in [-0.2, 0) is 5.41 Å². The maximum absolute atomic E-state index is 2.42. The number of benzene rings is 9. The van der Waals surface area contributed by atoms with Gasteiger partial charge in [0.15, 0.2) is 0 Å². The lowest BCUT2D eigenvalue weighted by atomic mass is 9.82. The molecule has 0 saturated heterocycles. The van der Waals surface area contributed by atoms with E-state index >= 15 is 0 Å². The van der Waals surface area contributed by atoms with Crippen LogP contribution in [0.2, 0.25) is 0 Å². The van der Waals surface area contributed by atoms with Crippen molar-refractivity contribution >= 4 is 60.2 Å². The quantitative estimate of drug-likeness (QED) is 0.174. The fourth-order valence-electron chi connectivity index (χ4n) is 8.41. The molecule has 0 radical (unpaired) electrons. The topological polar surface area (TPSA) is 3.24 Å². The van der Waals surface area contributed by atoms with Crippen molar-refractivity contribution in [1.29, 1.82) is 0 Å². The number of fused-ring (bicyclic) bond motifs is 9. The summed E-state index contributed by atoms with van der Waals surface area (Å²) in [6.45, 7) is 4.71. The summed E-state index contributed by atoms with van der Waals surface area (Å²) in [6, 6.07) is 65.0. The molecule has 1 aliphatic rings. The summed E-state index contributed by atoms with van der Waals surface area (Å²) in [6.07, 6.45) is 0. The lowest BCUT2D eigenvalue weighted by molar-refractivity contribution is 0.660. The molecule has 0 heterocycles. The number of hydrogen-bond acceptors (Lipinski definition) is 1. The van der Waals surface area contributed by atoms with Gasteiger partial charge in [0.2, 0.25) is 0 Å². The highest BCUT2D eigenvalue weighted by molar-refractivity contribution is 6.09. The standard InChI is InChI=1S/C49H35N/c1-49(2)47-14-8-7-13-45(47)46-28-25-40(31-48(46)49)50(39-24-27-44-37(30-39)18-16-34-10-4-6-12-42(34)44)38-22-19-32(20-23-38)35-21-26-43-36(29-35)17-15-33-9-3-5-11-41(33)43/h3-31H,1-2H3. The van der Waals surface area contributed by atoms with Crippen LogP contribution in [0.15, 0.2) is 176 Å². The first-order valence-corrected chi connectivity index (χ1v) is 17.5. The van der Waals surface area contributed by atoms with Gasteiger partial charge in [0.05, 0.1) is 0 Å². The highest BCUT2D eigenvalue weighted by Crippen LogP contribution is 2.50. The van der Waals surface area contributed by atoms with Gasteiger partial charge < -0.3 is 4.90 Å². The van der Waals surface area contributed by atoms with Crippen molar-refractivity contribution in [1.82, 2.24) is 0 Å². The molecule has 1 aliphatic carbocycles. The Labute approximate surface area is 292 Å². The molecule has 1 nitrogen and oxygen atoms in total. The van der Waals surface area contributed by atoms with Crippen molar-refractivity contribution in [2.75, 3.05) is 4.90 Å². The van der Waals surface area contributed by atoms with E-state index in [0.29, 0.717) is 0 Å². The zero-order valence-corrected chi connectivity index (χ0v) is 28.2. The molecule has 0 spiro atoms. The van der Waals surface area contributed by atoms with E-state index in [1.807, 2.05) is 0 Å². The van der Waals surface area contributed by atoms with Gasteiger partial charge in [0.1, 0.15) is 0 Å². The van der Waals surface area contributed by atoms with Crippen molar-refractivity contribution in [3.63, 3.8) is 0 Å². The molecule has 10 rings (SSSR count). The Bertz CT molecular complexity index is 2790. The highest BCUT2D eigenvalue weighted by Gasteiger charge is 2.35. The van der Waals surface area contributed by atoms with E-state index in [9.17, 15) is 0 Å². The number of anilines is 3. The minimum absolute atomic E-state index is 0.0822. The molecular formula is C49H35N. The molecule has 0 aromatic heterocycles. The molecule has 1 heteroatoms. The third-order valence-electron chi connectivity index (χ3n) is 11.0. The minimum Gasteiger partial charge on any atom is -0.310 e. The molecule has 9 aromatic carbocycles. The van der Waals surface area contributed by atoms with Crippen molar-refractivity contribution in [3.8, 4) is 22.3 Å². The number of hydrogen-bond donors (Lipinski definition) is 0. The molecule has 9 aromatic rings. The van der Waals surface area contributed by atoms with Crippen molar-refractivity contribution in [2.24, 2.45) is 0 Å². The fourth-order valence-corrected chi connectivity index (χ4v) is 8.41. The largest absolute Gasteiger partial charge is 0.310 e. The summed E-state index contributed by atoms with van der Waals surface area (Å²) < 4.78 is 0. The fraction of sp³-hybridized carbons (Fsp3) is 0.0612. The molecule has 0 atom stereocenters. The van der Waals surface area contributed by atoms with E-state index in [0.717, 1.165) is 17.1 Å². The summed E-state index contributed by atoms with van der Waals surface area (Å²) in [5.41, 5.74) is 11.2. The summed E-state index contributed by atoms with van der Waals surface area (Å²) >= 11 is 0. The van der Waals surface area contributed by atoms with E-state index in [1.54, 1.807) is 0 Å². The Balaban J connectivity index is 1.10. The van der Waals surface area contributed by atoms with Gasteiger partial charge in [-0.3, -0.25) is 0 Å². The van der Waals surface area contributed by atoms with Crippen LogP contribution >= 0.6 is 0 Å². The Hall–Kier alpha value is -6.18. The summed E-state index contributed by atoms with van der Waals surface area (Å²) in [5, 5.41) is 10.2. The van der Waals surface area contributed by atoms with Crippen LogP contribution in [0, 0.1) is 0 Å². The second kappa shape index (κ2) is 10.9.